The van der Waals surface area contributed by atoms with Gasteiger partial charge in [-0.1, -0.05) is 19.1 Å². The molecule has 0 saturated heterocycles. The van der Waals surface area contributed by atoms with E-state index in [0.717, 1.165) is 5.56 Å². The normalized spacial score (nSPS) is 10.9. The summed E-state index contributed by atoms with van der Waals surface area (Å²) in [4.78, 5) is 0.317. The smallest absolute Gasteiger partial charge is 0.178 e. The minimum atomic E-state index is -3.16. The minimum Gasteiger partial charge on any atom is -0.224 e. The van der Waals surface area contributed by atoms with Crippen LogP contribution in [-0.4, -0.2) is 14.2 Å². The number of rotatable bonds is 4. The van der Waals surface area contributed by atoms with Gasteiger partial charge in [-0.2, -0.15) is 5.26 Å². The SMILES string of the molecule is CCCS(=O)(=O)c1cccc(CC#N)c1. The quantitative estimate of drug-likeness (QED) is 0.783. The summed E-state index contributed by atoms with van der Waals surface area (Å²) in [6.07, 6.45) is 0.848. The highest BCUT2D eigenvalue weighted by Gasteiger charge is 2.12. The van der Waals surface area contributed by atoms with E-state index in [1.165, 1.54) is 0 Å². The average molecular weight is 223 g/mol. The Hall–Kier alpha value is -1.34. The maximum absolute atomic E-state index is 11.7. The summed E-state index contributed by atoms with van der Waals surface area (Å²) >= 11 is 0. The first-order valence-corrected chi connectivity index (χ1v) is 6.44. The van der Waals surface area contributed by atoms with Crippen LogP contribution >= 0.6 is 0 Å². The molecule has 0 saturated carbocycles. The second-order valence-electron chi connectivity index (χ2n) is 3.30. The van der Waals surface area contributed by atoms with E-state index in [1.54, 1.807) is 24.3 Å². The van der Waals surface area contributed by atoms with Gasteiger partial charge in [0.05, 0.1) is 23.1 Å². The summed E-state index contributed by atoms with van der Waals surface area (Å²) in [6.45, 7) is 1.83. The first kappa shape index (κ1) is 11.7. The lowest BCUT2D eigenvalue weighted by Gasteiger charge is -2.03. The largest absolute Gasteiger partial charge is 0.224 e. The zero-order valence-corrected chi connectivity index (χ0v) is 9.42. The molecule has 0 aliphatic carbocycles. The van der Waals surface area contributed by atoms with Crippen molar-refractivity contribution in [1.29, 1.82) is 5.26 Å². The molecular weight excluding hydrogens is 210 g/mol. The van der Waals surface area contributed by atoms with Gasteiger partial charge in [-0.25, -0.2) is 8.42 Å². The molecule has 0 aromatic heterocycles. The van der Waals surface area contributed by atoms with Gasteiger partial charge in [-0.3, -0.25) is 0 Å². The van der Waals surface area contributed by atoms with Crippen molar-refractivity contribution in [3.05, 3.63) is 29.8 Å². The van der Waals surface area contributed by atoms with Crippen molar-refractivity contribution in [1.82, 2.24) is 0 Å². The molecule has 80 valence electrons. The molecule has 0 bridgehead atoms. The van der Waals surface area contributed by atoms with E-state index >= 15 is 0 Å². The Balaban J connectivity index is 3.06. The van der Waals surface area contributed by atoms with E-state index in [9.17, 15) is 8.42 Å². The molecule has 0 atom stereocenters. The van der Waals surface area contributed by atoms with Crippen LogP contribution in [0.5, 0.6) is 0 Å². The summed E-state index contributed by atoms with van der Waals surface area (Å²) in [6, 6.07) is 8.59. The van der Waals surface area contributed by atoms with E-state index in [0.29, 0.717) is 11.3 Å². The van der Waals surface area contributed by atoms with Gasteiger partial charge in [-0.05, 0) is 24.1 Å². The topological polar surface area (TPSA) is 57.9 Å². The molecule has 0 unspecified atom stereocenters. The molecule has 15 heavy (non-hydrogen) atoms. The Labute approximate surface area is 90.3 Å². The highest BCUT2D eigenvalue weighted by molar-refractivity contribution is 7.91. The zero-order valence-electron chi connectivity index (χ0n) is 8.60. The van der Waals surface area contributed by atoms with E-state index in [1.807, 2.05) is 13.0 Å². The van der Waals surface area contributed by atoms with Gasteiger partial charge >= 0.3 is 0 Å². The van der Waals surface area contributed by atoms with E-state index < -0.39 is 9.84 Å². The lowest BCUT2D eigenvalue weighted by atomic mass is 10.2. The van der Waals surface area contributed by atoms with Gasteiger partial charge in [-0.15, -0.1) is 0 Å². The Morgan fingerprint density at radius 2 is 2.13 bits per heavy atom. The van der Waals surface area contributed by atoms with Crippen LogP contribution in [0, 0.1) is 11.3 Å². The summed E-state index contributed by atoms with van der Waals surface area (Å²) < 4.78 is 23.4. The summed E-state index contributed by atoms with van der Waals surface area (Å²) in [5.74, 6) is 0.156. The van der Waals surface area contributed by atoms with Gasteiger partial charge in [0.15, 0.2) is 9.84 Å². The molecule has 3 nitrogen and oxygen atoms in total. The second-order valence-corrected chi connectivity index (χ2v) is 5.41. The summed E-state index contributed by atoms with van der Waals surface area (Å²) in [5.41, 5.74) is 0.745. The molecule has 0 aliphatic heterocycles. The van der Waals surface area contributed by atoms with Crippen molar-refractivity contribution in [3.8, 4) is 6.07 Å². The van der Waals surface area contributed by atoms with Crippen LogP contribution in [0.25, 0.3) is 0 Å². The van der Waals surface area contributed by atoms with Crippen LogP contribution in [-0.2, 0) is 16.3 Å². The molecule has 0 amide bonds. The third kappa shape index (κ3) is 3.07. The van der Waals surface area contributed by atoms with Gasteiger partial charge < -0.3 is 0 Å². The van der Waals surface area contributed by atoms with E-state index in [4.69, 9.17) is 5.26 Å². The minimum absolute atomic E-state index is 0.156. The maximum Gasteiger partial charge on any atom is 0.178 e. The molecule has 4 heteroatoms. The number of sulfone groups is 1. The van der Waals surface area contributed by atoms with Crippen LogP contribution in [0.2, 0.25) is 0 Å². The van der Waals surface area contributed by atoms with Crippen LogP contribution in [0.3, 0.4) is 0 Å². The van der Waals surface area contributed by atoms with Crippen molar-refractivity contribution in [2.45, 2.75) is 24.7 Å². The first-order valence-electron chi connectivity index (χ1n) is 4.79. The Morgan fingerprint density at radius 3 is 2.73 bits per heavy atom. The molecule has 0 fully saturated rings. The molecule has 0 spiro atoms. The monoisotopic (exact) mass is 223 g/mol. The van der Waals surface area contributed by atoms with E-state index in [-0.39, 0.29) is 12.2 Å². The van der Waals surface area contributed by atoms with Crippen molar-refractivity contribution in [2.75, 3.05) is 5.75 Å². The van der Waals surface area contributed by atoms with Crippen LogP contribution < -0.4 is 0 Å². The number of hydrogen-bond donors (Lipinski definition) is 0. The lowest BCUT2D eigenvalue weighted by molar-refractivity contribution is 0.594. The van der Waals surface area contributed by atoms with Crippen molar-refractivity contribution in [2.24, 2.45) is 0 Å². The van der Waals surface area contributed by atoms with Crippen LogP contribution in [0.1, 0.15) is 18.9 Å². The highest BCUT2D eigenvalue weighted by Crippen LogP contribution is 2.14. The Bertz CT molecular complexity index is 472. The van der Waals surface area contributed by atoms with Gasteiger partial charge in [0.1, 0.15) is 0 Å². The Kier molecular flexibility index (Phi) is 3.87. The van der Waals surface area contributed by atoms with Crippen molar-refractivity contribution >= 4 is 9.84 Å². The zero-order chi connectivity index (χ0) is 11.3. The Morgan fingerprint density at radius 1 is 1.40 bits per heavy atom. The molecule has 1 aromatic rings. The molecular formula is C11H13NO2S. The van der Waals surface area contributed by atoms with Crippen LogP contribution in [0.15, 0.2) is 29.2 Å². The van der Waals surface area contributed by atoms with Gasteiger partial charge in [0, 0.05) is 0 Å². The molecule has 0 N–H and O–H groups in total. The number of nitriles is 1. The maximum atomic E-state index is 11.7. The molecule has 0 radical (unpaired) electrons. The molecule has 1 rings (SSSR count). The predicted molar refractivity (Wildman–Crippen MR) is 58.1 cm³/mol. The van der Waals surface area contributed by atoms with Crippen LogP contribution in [0.4, 0.5) is 0 Å². The van der Waals surface area contributed by atoms with E-state index in [2.05, 4.69) is 0 Å². The molecule has 0 aliphatic rings. The summed E-state index contributed by atoms with van der Waals surface area (Å²) in [5, 5.41) is 8.52. The number of benzene rings is 1. The second kappa shape index (κ2) is 4.94. The first-order chi connectivity index (χ1) is 7.10. The number of nitrogens with zero attached hydrogens (tertiary/aromatic N) is 1. The summed E-state index contributed by atoms with van der Waals surface area (Å²) in [7, 11) is -3.16. The van der Waals surface area contributed by atoms with Gasteiger partial charge in [0.25, 0.3) is 0 Å². The molecule has 1 aromatic carbocycles. The van der Waals surface area contributed by atoms with Gasteiger partial charge in [0.2, 0.25) is 0 Å². The predicted octanol–water partition coefficient (Wildman–Crippen LogP) is 1.94. The average Bonchev–Trinajstić information content (AvgIpc) is 2.19. The fraction of sp³-hybridized carbons (Fsp3) is 0.364. The third-order valence-corrected chi connectivity index (χ3v) is 3.93. The standard InChI is InChI=1S/C11H13NO2S/c1-2-8-15(13,14)11-5-3-4-10(9-11)6-7-12/h3-5,9H,2,6,8H2,1H3. The fourth-order valence-corrected chi connectivity index (χ4v) is 2.72. The third-order valence-electron chi connectivity index (χ3n) is 2.01. The number of hydrogen-bond acceptors (Lipinski definition) is 3. The van der Waals surface area contributed by atoms with Crippen molar-refractivity contribution in [3.63, 3.8) is 0 Å². The molecule has 0 heterocycles. The lowest BCUT2D eigenvalue weighted by Crippen LogP contribution is -2.06. The van der Waals surface area contributed by atoms with Crippen molar-refractivity contribution < 1.29 is 8.42 Å². The highest BCUT2D eigenvalue weighted by atomic mass is 32.2. The fourth-order valence-electron chi connectivity index (χ4n) is 1.33.